The van der Waals surface area contributed by atoms with Gasteiger partial charge in [-0.2, -0.15) is 0 Å². The molecule has 164 valence electrons. The lowest BCUT2D eigenvalue weighted by Gasteiger charge is -2.34. The summed E-state index contributed by atoms with van der Waals surface area (Å²) in [5, 5.41) is 2.73. The lowest BCUT2D eigenvalue weighted by atomic mass is 9.99. The molecule has 0 unspecified atom stereocenters. The number of hydrogen-bond acceptors (Lipinski definition) is 5. The van der Waals surface area contributed by atoms with Gasteiger partial charge in [-0.25, -0.2) is 18.7 Å². The van der Waals surface area contributed by atoms with E-state index in [0.29, 0.717) is 30.7 Å². The SMILES string of the molecule is O=C(Nc1ncc(-c2cc(F)cc(F)c2)cn1)[C@@H]1CCC[C@H](N2CCOCC2=O)CC1. The van der Waals surface area contributed by atoms with Crippen molar-refractivity contribution in [2.45, 2.75) is 38.1 Å². The van der Waals surface area contributed by atoms with Gasteiger partial charge in [-0.05, 0) is 43.4 Å². The van der Waals surface area contributed by atoms with Crippen LogP contribution in [0.3, 0.4) is 0 Å². The summed E-state index contributed by atoms with van der Waals surface area (Å²) < 4.78 is 32.0. The van der Waals surface area contributed by atoms with Crippen LogP contribution in [-0.2, 0) is 14.3 Å². The molecule has 31 heavy (non-hydrogen) atoms. The maximum atomic E-state index is 13.4. The number of hydrogen-bond donors (Lipinski definition) is 1. The number of ether oxygens (including phenoxy) is 1. The van der Waals surface area contributed by atoms with Gasteiger partial charge in [0.25, 0.3) is 0 Å². The van der Waals surface area contributed by atoms with E-state index in [1.165, 1.54) is 24.5 Å². The minimum Gasteiger partial charge on any atom is -0.370 e. The molecule has 0 bridgehead atoms. The highest BCUT2D eigenvalue weighted by Gasteiger charge is 2.31. The van der Waals surface area contributed by atoms with Gasteiger partial charge in [0.2, 0.25) is 17.8 Å². The van der Waals surface area contributed by atoms with Crippen molar-refractivity contribution in [3.63, 3.8) is 0 Å². The van der Waals surface area contributed by atoms with E-state index in [4.69, 9.17) is 4.74 Å². The van der Waals surface area contributed by atoms with E-state index in [2.05, 4.69) is 15.3 Å². The molecule has 2 fully saturated rings. The zero-order valence-corrected chi connectivity index (χ0v) is 17.0. The maximum Gasteiger partial charge on any atom is 0.248 e. The first kappa shape index (κ1) is 21.3. The Morgan fingerprint density at radius 3 is 2.48 bits per heavy atom. The van der Waals surface area contributed by atoms with Gasteiger partial charge in [0.1, 0.15) is 18.2 Å². The topological polar surface area (TPSA) is 84.4 Å². The number of morpholine rings is 1. The number of aromatic nitrogens is 2. The van der Waals surface area contributed by atoms with Gasteiger partial charge in [-0.15, -0.1) is 0 Å². The number of benzene rings is 1. The van der Waals surface area contributed by atoms with Crippen LogP contribution in [0.4, 0.5) is 14.7 Å². The fourth-order valence-electron chi connectivity index (χ4n) is 4.25. The third kappa shape index (κ3) is 5.22. The highest BCUT2D eigenvalue weighted by atomic mass is 19.1. The largest absolute Gasteiger partial charge is 0.370 e. The number of rotatable bonds is 4. The van der Waals surface area contributed by atoms with Crippen LogP contribution in [0.25, 0.3) is 11.1 Å². The van der Waals surface area contributed by atoms with Crippen molar-refractivity contribution in [1.82, 2.24) is 14.9 Å². The molecule has 1 N–H and O–H groups in total. The fraction of sp³-hybridized carbons (Fsp3) is 0.455. The lowest BCUT2D eigenvalue weighted by molar-refractivity contribution is -0.146. The van der Waals surface area contributed by atoms with Crippen molar-refractivity contribution in [1.29, 1.82) is 0 Å². The Labute approximate surface area is 178 Å². The molecule has 9 heteroatoms. The first-order valence-electron chi connectivity index (χ1n) is 10.5. The Balaban J connectivity index is 1.35. The van der Waals surface area contributed by atoms with Gasteiger partial charge >= 0.3 is 0 Å². The maximum absolute atomic E-state index is 13.4. The molecule has 1 aliphatic heterocycles. The van der Waals surface area contributed by atoms with Crippen LogP contribution >= 0.6 is 0 Å². The quantitative estimate of drug-likeness (QED) is 0.754. The van der Waals surface area contributed by atoms with Crippen LogP contribution in [-0.4, -0.2) is 52.5 Å². The van der Waals surface area contributed by atoms with Crippen molar-refractivity contribution in [2.75, 3.05) is 25.1 Å². The monoisotopic (exact) mass is 430 g/mol. The highest BCUT2D eigenvalue weighted by molar-refractivity contribution is 5.91. The fourth-order valence-corrected chi connectivity index (χ4v) is 4.25. The summed E-state index contributed by atoms with van der Waals surface area (Å²) in [7, 11) is 0. The Kier molecular flexibility index (Phi) is 6.50. The van der Waals surface area contributed by atoms with E-state index in [-0.39, 0.29) is 36.3 Å². The van der Waals surface area contributed by atoms with Crippen molar-refractivity contribution in [3.8, 4) is 11.1 Å². The number of carbonyl (C=O) groups is 2. The van der Waals surface area contributed by atoms with Crippen molar-refractivity contribution >= 4 is 17.8 Å². The Morgan fingerprint density at radius 2 is 1.77 bits per heavy atom. The number of halogens is 2. The standard InChI is InChI=1S/C22H24F2N4O3/c23-17-8-15(9-18(24)10-17)16-11-25-22(26-12-16)27-21(30)14-2-1-3-19(5-4-14)28-6-7-31-13-20(28)29/h8-12,14,19H,1-7,13H2,(H,25,26,27,30)/t14-,19+/m1/s1. The molecule has 2 heterocycles. The highest BCUT2D eigenvalue weighted by Crippen LogP contribution is 2.28. The molecule has 1 aliphatic carbocycles. The van der Waals surface area contributed by atoms with Crippen molar-refractivity contribution in [3.05, 3.63) is 42.2 Å². The second-order valence-electron chi connectivity index (χ2n) is 7.94. The molecule has 0 radical (unpaired) electrons. The van der Waals surface area contributed by atoms with Gasteiger partial charge < -0.3 is 9.64 Å². The summed E-state index contributed by atoms with van der Waals surface area (Å²) in [6.45, 7) is 1.30. The van der Waals surface area contributed by atoms with E-state index < -0.39 is 11.6 Å². The smallest absolute Gasteiger partial charge is 0.248 e. The average Bonchev–Trinajstić information content (AvgIpc) is 3.00. The molecule has 2 atom stereocenters. The Morgan fingerprint density at radius 1 is 1.03 bits per heavy atom. The van der Waals surface area contributed by atoms with Crippen LogP contribution in [0.2, 0.25) is 0 Å². The van der Waals surface area contributed by atoms with Crippen LogP contribution in [0.5, 0.6) is 0 Å². The first-order chi connectivity index (χ1) is 15.0. The molecular formula is C22H24F2N4O3. The van der Waals surface area contributed by atoms with E-state index >= 15 is 0 Å². The number of anilines is 1. The van der Waals surface area contributed by atoms with Gasteiger partial charge in [0.05, 0.1) is 6.61 Å². The number of amides is 2. The van der Waals surface area contributed by atoms with Crippen molar-refractivity contribution in [2.24, 2.45) is 5.92 Å². The van der Waals surface area contributed by atoms with Gasteiger partial charge in [-0.3, -0.25) is 14.9 Å². The number of nitrogens with one attached hydrogen (secondary N) is 1. The van der Waals surface area contributed by atoms with E-state index in [1.54, 1.807) is 0 Å². The second-order valence-corrected chi connectivity index (χ2v) is 7.94. The van der Waals surface area contributed by atoms with Crippen LogP contribution < -0.4 is 5.32 Å². The van der Waals surface area contributed by atoms with Crippen molar-refractivity contribution < 1.29 is 23.1 Å². The molecule has 1 aromatic heterocycles. The van der Waals surface area contributed by atoms with E-state index in [1.807, 2.05) is 4.90 Å². The zero-order valence-electron chi connectivity index (χ0n) is 17.0. The molecule has 1 aromatic carbocycles. The summed E-state index contributed by atoms with van der Waals surface area (Å²) in [6, 6.07) is 3.34. The predicted molar refractivity (Wildman–Crippen MR) is 109 cm³/mol. The summed E-state index contributed by atoms with van der Waals surface area (Å²) in [6.07, 6.45) is 6.77. The molecular weight excluding hydrogens is 406 g/mol. The summed E-state index contributed by atoms with van der Waals surface area (Å²) in [5.41, 5.74) is 0.770. The van der Waals surface area contributed by atoms with Crippen LogP contribution in [0.15, 0.2) is 30.6 Å². The Hall–Kier alpha value is -2.94. The summed E-state index contributed by atoms with van der Waals surface area (Å²) in [5.74, 6) is -1.53. The van der Waals surface area contributed by atoms with Gasteiger partial charge in [-0.1, -0.05) is 6.42 Å². The zero-order chi connectivity index (χ0) is 21.8. The minimum atomic E-state index is -0.683. The molecule has 2 aliphatic rings. The first-order valence-corrected chi connectivity index (χ1v) is 10.5. The van der Waals surface area contributed by atoms with Crippen LogP contribution in [0, 0.1) is 17.6 Å². The van der Waals surface area contributed by atoms with E-state index in [9.17, 15) is 18.4 Å². The molecule has 0 spiro atoms. The molecule has 1 saturated heterocycles. The predicted octanol–water partition coefficient (Wildman–Crippen LogP) is 3.17. The van der Waals surface area contributed by atoms with E-state index in [0.717, 1.165) is 31.7 Å². The average molecular weight is 430 g/mol. The molecule has 4 rings (SSSR count). The molecule has 2 aromatic rings. The number of carbonyl (C=O) groups excluding carboxylic acids is 2. The van der Waals surface area contributed by atoms with Crippen LogP contribution in [0.1, 0.15) is 32.1 Å². The third-order valence-electron chi connectivity index (χ3n) is 5.85. The molecule has 1 saturated carbocycles. The summed E-state index contributed by atoms with van der Waals surface area (Å²) in [4.78, 5) is 34.9. The minimum absolute atomic E-state index is 0.0193. The number of nitrogens with zero attached hydrogens (tertiary/aromatic N) is 3. The summed E-state index contributed by atoms with van der Waals surface area (Å²) >= 11 is 0. The van der Waals surface area contributed by atoms with Gasteiger partial charge in [0, 0.05) is 42.5 Å². The second kappa shape index (κ2) is 9.47. The third-order valence-corrected chi connectivity index (χ3v) is 5.85. The normalized spacial score (nSPS) is 22.1. The molecule has 2 amide bonds. The van der Waals surface area contributed by atoms with Gasteiger partial charge in [0.15, 0.2) is 0 Å². The Bertz CT molecular complexity index is 934. The lowest BCUT2D eigenvalue weighted by Crippen LogP contribution is -2.47. The molecule has 7 nitrogen and oxygen atoms in total.